The highest BCUT2D eigenvalue weighted by molar-refractivity contribution is 5.85. The molecular weight excluding hydrogens is 270 g/mol. The van der Waals surface area contributed by atoms with E-state index in [9.17, 15) is 19.8 Å². The van der Waals surface area contributed by atoms with Gasteiger partial charge in [-0.1, -0.05) is 44.2 Å². The number of aliphatic hydroxyl groups is 1. The summed E-state index contributed by atoms with van der Waals surface area (Å²) in [5.41, 5.74) is -0.247. The van der Waals surface area contributed by atoms with Crippen LogP contribution in [-0.4, -0.2) is 28.7 Å². The van der Waals surface area contributed by atoms with Crippen LogP contribution in [0, 0.1) is 5.41 Å². The molecule has 0 spiro atoms. The number of nitrogens with one attached hydrogen (secondary N) is 1. The van der Waals surface area contributed by atoms with Gasteiger partial charge in [0.15, 0.2) is 0 Å². The van der Waals surface area contributed by atoms with Crippen molar-refractivity contribution in [1.82, 2.24) is 5.32 Å². The maximum atomic E-state index is 12.1. The minimum absolute atomic E-state index is 0.0847. The number of carboxylic acids is 1. The van der Waals surface area contributed by atoms with Crippen LogP contribution in [0.4, 0.5) is 0 Å². The second kappa shape index (κ2) is 7.78. The number of amides is 1. The van der Waals surface area contributed by atoms with Crippen molar-refractivity contribution < 1.29 is 19.8 Å². The molecule has 1 amide bonds. The molecule has 0 unspecified atom stereocenters. The molecule has 5 heteroatoms. The highest BCUT2D eigenvalue weighted by atomic mass is 16.4. The summed E-state index contributed by atoms with van der Waals surface area (Å²) in [7, 11) is 0. The van der Waals surface area contributed by atoms with Crippen molar-refractivity contribution in [3.05, 3.63) is 35.9 Å². The van der Waals surface area contributed by atoms with E-state index < -0.39 is 17.4 Å². The Morgan fingerprint density at radius 2 is 1.76 bits per heavy atom. The molecule has 0 aliphatic heterocycles. The van der Waals surface area contributed by atoms with Crippen LogP contribution in [0.2, 0.25) is 0 Å². The summed E-state index contributed by atoms with van der Waals surface area (Å²) < 4.78 is 0. The van der Waals surface area contributed by atoms with Gasteiger partial charge in [0, 0.05) is 6.42 Å². The fourth-order valence-corrected chi connectivity index (χ4v) is 2.35. The molecule has 0 fully saturated rings. The summed E-state index contributed by atoms with van der Waals surface area (Å²) in [6.45, 7) is 3.31. The molecule has 3 N–H and O–H groups in total. The van der Waals surface area contributed by atoms with Crippen LogP contribution >= 0.6 is 0 Å². The Balaban J connectivity index is 2.77. The third kappa shape index (κ3) is 4.29. The SMILES string of the molecule is CCC(CC)(CC(=O)N[C@@H](CO)c1ccccc1)C(=O)O. The van der Waals surface area contributed by atoms with Gasteiger partial charge in [0.1, 0.15) is 0 Å². The molecule has 0 saturated heterocycles. The minimum Gasteiger partial charge on any atom is -0.481 e. The number of aliphatic carboxylic acids is 1. The molecule has 0 aliphatic carbocycles. The molecule has 1 aromatic rings. The standard InChI is InChI=1S/C16H23NO4/c1-3-16(4-2,15(20)21)10-14(19)17-13(11-18)12-8-6-5-7-9-12/h5-9,13,18H,3-4,10-11H2,1-2H3,(H,17,19)(H,20,21)/t13-/m0/s1. The van der Waals surface area contributed by atoms with E-state index in [2.05, 4.69) is 5.32 Å². The van der Waals surface area contributed by atoms with Crippen LogP contribution in [-0.2, 0) is 9.59 Å². The van der Waals surface area contributed by atoms with Crippen LogP contribution < -0.4 is 5.32 Å². The van der Waals surface area contributed by atoms with Crippen LogP contribution in [0.3, 0.4) is 0 Å². The number of rotatable bonds is 8. The Morgan fingerprint density at radius 3 is 2.19 bits per heavy atom. The van der Waals surface area contributed by atoms with Crippen LogP contribution in [0.1, 0.15) is 44.7 Å². The number of hydrogen-bond donors (Lipinski definition) is 3. The first-order valence-corrected chi connectivity index (χ1v) is 7.17. The topological polar surface area (TPSA) is 86.6 Å². The smallest absolute Gasteiger partial charge is 0.310 e. The molecule has 0 aliphatic rings. The van der Waals surface area contributed by atoms with Crippen LogP contribution in [0.5, 0.6) is 0 Å². The Hall–Kier alpha value is -1.88. The van der Waals surface area contributed by atoms with E-state index in [0.717, 1.165) is 5.56 Å². The maximum absolute atomic E-state index is 12.1. The van der Waals surface area contributed by atoms with E-state index in [1.807, 2.05) is 30.3 Å². The third-order valence-corrected chi connectivity index (χ3v) is 4.03. The number of aliphatic hydroxyl groups excluding tert-OH is 1. The number of hydrogen-bond acceptors (Lipinski definition) is 3. The number of carbonyl (C=O) groups is 2. The van der Waals surface area contributed by atoms with E-state index >= 15 is 0 Å². The lowest BCUT2D eigenvalue weighted by Crippen LogP contribution is -2.39. The average Bonchev–Trinajstić information content (AvgIpc) is 2.51. The predicted octanol–water partition coefficient (Wildman–Crippen LogP) is 2.12. The maximum Gasteiger partial charge on any atom is 0.310 e. The summed E-state index contributed by atoms with van der Waals surface area (Å²) in [6, 6.07) is 8.60. The highest BCUT2D eigenvalue weighted by Gasteiger charge is 2.37. The number of carbonyl (C=O) groups excluding carboxylic acids is 1. The summed E-state index contributed by atoms with van der Waals surface area (Å²) in [5, 5.41) is 21.5. The fraction of sp³-hybridized carbons (Fsp3) is 0.500. The van der Waals surface area contributed by atoms with Crippen molar-refractivity contribution in [3.8, 4) is 0 Å². The second-order valence-electron chi connectivity index (χ2n) is 5.18. The van der Waals surface area contributed by atoms with Crippen molar-refractivity contribution in [2.45, 2.75) is 39.2 Å². The van der Waals surface area contributed by atoms with Crippen molar-refractivity contribution in [3.63, 3.8) is 0 Å². The minimum atomic E-state index is -1.04. The van der Waals surface area contributed by atoms with Gasteiger partial charge in [0.25, 0.3) is 0 Å². The van der Waals surface area contributed by atoms with Crippen molar-refractivity contribution in [1.29, 1.82) is 0 Å². The second-order valence-corrected chi connectivity index (χ2v) is 5.18. The number of benzene rings is 1. The lowest BCUT2D eigenvalue weighted by atomic mass is 9.79. The van der Waals surface area contributed by atoms with Gasteiger partial charge in [-0.15, -0.1) is 0 Å². The third-order valence-electron chi connectivity index (χ3n) is 4.03. The molecule has 116 valence electrons. The molecule has 1 atom stereocenters. The summed E-state index contributed by atoms with van der Waals surface area (Å²) in [6.07, 6.45) is 0.696. The molecule has 5 nitrogen and oxygen atoms in total. The first-order valence-electron chi connectivity index (χ1n) is 7.17. The van der Waals surface area contributed by atoms with Gasteiger partial charge in [-0.2, -0.15) is 0 Å². The van der Waals surface area contributed by atoms with Gasteiger partial charge >= 0.3 is 5.97 Å². The summed E-state index contributed by atoms with van der Waals surface area (Å²) >= 11 is 0. The first kappa shape index (κ1) is 17.2. The normalized spacial score (nSPS) is 12.7. The molecule has 0 radical (unpaired) electrons. The Morgan fingerprint density at radius 1 is 1.19 bits per heavy atom. The molecule has 1 rings (SSSR count). The lowest BCUT2D eigenvalue weighted by Gasteiger charge is -2.27. The van der Waals surface area contributed by atoms with E-state index in [4.69, 9.17) is 0 Å². The quantitative estimate of drug-likeness (QED) is 0.685. The predicted molar refractivity (Wildman–Crippen MR) is 79.7 cm³/mol. The molecule has 0 aromatic heterocycles. The van der Waals surface area contributed by atoms with Gasteiger partial charge < -0.3 is 15.5 Å². The van der Waals surface area contributed by atoms with Crippen LogP contribution in [0.25, 0.3) is 0 Å². The fourth-order valence-electron chi connectivity index (χ4n) is 2.35. The Bertz CT molecular complexity index is 468. The summed E-state index contributed by atoms with van der Waals surface area (Å²) in [4.78, 5) is 23.6. The van der Waals surface area contributed by atoms with Gasteiger partial charge in [0.05, 0.1) is 18.1 Å². The zero-order chi connectivity index (χ0) is 15.9. The monoisotopic (exact) mass is 293 g/mol. The van der Waals surface area contributed by atoms with Gasteiger partial charge in [-0.25, -0.2) is 0 Å². The van der Waals surface area contributed by atoms with E-state index in [1.54, 1.807) is 13.8 Å². The van der Waals surface area contributed by atoms with Crippen LogP contribution in [0.15, 0.2) is 30.3 Å². The largest absolute Gasteiger partial charge is 0.481 e. The first-order chi connectivity index (χ1) is 9.99. The highest BCUT2D eigenvalue weighted by Crippen LogP contribution is 2.31. The van der Waals surface area contributed by atoms with Gasteiger partial charge in [0.2, 0.25) is 5.91 Å². The molecular formula is C16H23NO4. The van der Waals surface area contributed by atoms with E-state index in [0.29, 0.717) is 12.8 Å². The zero-order valence-electron chi connectivity index (χ0n) is 12.5. The van der Waals surface area contributed by atoms with E-state index in [-0.39, 0.29) is 18.9 Å². The van der Waals surface area contributed by atoms with Gasteiger partial charge in [-0.3, -0.25) is 9.59 Å². The van der Waals surface area contributed by atoms with E-state index in [1.165, 1.54) is 0 Å². The molecule has 0 heterocycles. The molecule has 21 heavy (non-hydrogen) atoms. The van der Waals surface area contributed by atoms with Crippen molar-refractivity contribution in [2.24, 2.45) is 5.41 Å². The van der Waals surface area contributed by atoms with Crippen molar-refractivity contribution in [2.75, 3.05) is 6.61 Å². The Labute approximate surface area is 125 Å². The van der Waals surface area contributed by atoms with Crippen molar-refractivity contribution >= 4 is 11.9 Å². The zero-order valence-corrected chi connectivity index (χ0v) is 12.5. The lowest BCUT2D eigenvalue weighted by molar-refractivity contribution is -0.152. The molecule has 0 bridgehead atoms. The molecule has 0 saturated carbocycles. The average molecular weight is 293 g/mol. The Kier molecular flexibility index (Phi) is 6.37. The number of carboxylic acid groups (broad SMARTS) is 1. The molecule has 1 aromatic carbocycles. The summed E-state index contributed by atoms with van der Waals surface area (Å²) in [5.74, 6) is -1.31. The van der Waals surface area contributed by atoms with Gasteiger partial charge in [-0.05, 0) is 18.4 Å².